The minimum absolute atomic E-state index is 0.207. The first-order chi connectivity index (χ1) is 11.7. The smallest absolute Gasteiger partial charge is 0.410 e. The lowest BCUT2D eigenvalue weighted by molar-refractivity contribution is -0.138. The normalized spacial score (nSPS) is 16.8. The van der Waals surface area contributed by atoms with Gasteiger partial charge in [-0.2, -0.15) is 0 Å². The number of hydrogen-bond acceptors (Lipinski definition) is 5. The number of carbonyl (C=O) groups is 2. The Hall–Kier alpha value is -2.44. The van der Waals surface area contributed by atoms with Crippen LogP contribution >= 0.6 is 0 Å². The van der Waals surface area contributed by atoms with E-state index in [2.05, 4.69) is 0 Å². The predicted octanol–water partition coefficient (Wildman–Crippen LogP) is 3.01. The van der Waals surface area contributed by atoms with Crippen molar-refractivity contribution in [2.24, 2.45) is 0 Å². The molecule has 0 aromatic heterocycles. The Kier molecular flexibility index (Phi) is 5.45. The van der Waals surface area contributed by atoms with Crippen LogP contribution in [0, 0.1) is 0 Å². The van der Waals surface area contributed by atoms with Crippen LogP contribution in [0.2, 0.25) is 0 Å². The van der Waals surface area contributed by atoms with Gasteiger partial charge in [0, 0.05) is 6.54 Å². The third-order valence-corrected chi connectivity index (χ3v) is 4.00. The molecular weight excluding hydrogens is 326 g/mol. The summed E-state index contributed by atoms with van der Waals surface area (Å²) in [6.07, 6.45) is -0.133. The fourth-order valence-electron chi connectivity index (χ4n) is 2.95. The summed E-state index contributed by atoms with van der Waals surface area (Å²) in [6, 6.07) is 2.98. The number of hydrogen-bond donors (Lipinski definition) is 1. The summed E-state index contributed by atoms with van der Waals surface area (Å²) in [6.45, 7) is 5.73. The molecule has 0 saturated carbocycles. The van der Waals surface area contributed by atoms with Crippen LogP contribution in [0.5, 0.6) is 11.5 Å². The average molecular weight is 351 g/mol. The van der Waals surface area contributed by atoms with E-state index in [0.717, 1.165) is 11.1 Å². The highest BCUT2D eigenvalue weighted by molar-refractivity contribution is 5.73. The number of aliphatic carboxylic acids is 1. The van der Waals surface area contributed by atoms with Gasteiger partial charge in [0.25, 0.3) is 0 Å². The van der Waals surface area contributed by atoms with Crippen LogP contribution in [0.4, 0.5) is 4.79 Å². The van der Waals surface area contributed by atoms with E-state index in [4.69, 9.17) is 14.2 Å². The van der Waals surface area contributed by atoms with E-state index in [-0.39, 0.29) is 6.42 Å². The second-order valence-corrected chi connectivity index (χ2v) is 6.94. The lowest BCUT2D eigenvalue weighted by Crippen LogP contribution is -2.43. The van der Waals surface area contributed by atoms with Gasteiger partial charge in [0.2, 0.25) is 0 Å². The van der Waals surface area contributed by atoms with Crippen LogP contribution < -0.4 is 9.47 Å². The second-order valence-electron chi connectivity index (χ2n) is 6.94. The number of carboxylic acid groups (broad SMARTS) is 1. The van der Waals surface area contributed by atoms with Gasteiger partial charge < -0.3 is 24.2 Å². The summed E-state index contributed by atoms with van der Waals surface area (Å²) >= 11 is 0. The molecule has 7 nitrogen and oxygen atoms in total. The number of carboxylic acids is 1. The number of fused-ring (bicyclic) bond motifs is 1. The van der Waals surface area contributed by atoms with Gasteiger partial charge in [-0.05, 0) is 50.5 Å². The quantitative estimate of drug-likeness (QED) is 0.897. The minimum Gasteiger partial charge on any atom is -0.493 e. The average Bonchev–Trinajstić information content (AvgIpc) is 2.51. The maximum absolute atomic E-state index is 12.5. The Morgan fingerprint density at radius 1 is 1.20 bits per heavy atom. The number of nitrogens with zero attached hydrogens (tertiary/aromatic N) is 1. The molecule has 1 N–H and O–H groups in total. The first kappa shape index (κ1) is 18.9. The van der Waals surface area contributed by atoms with Crippen LogP contribution in [0.15, 0.2) is 12.1 Å². The van der Waals surface area contributed by atoms with Crippen LogP contribution in [0.3, 0.4) is 0 Å². The Labute approximate surface area is 147 Å². The highest BCUT2D eigenvalue weighted by Gasteiger charge is 2.35. The number of ether oxygens (including phenoxy) is 3. The van der Waals surface area contributed by atoms with Crippen LogP contribution in [-0.2, 0) is 16.0 Å². The van der Waals surface area contributed by atoms with Crippen LogP contribution in [0.1, 0.15) is 44.4 Å². The van der Waals surface area contributed by atoms with Crippen molar-refractivity contribution in [2.45, 2.75) is 45.3 Å². The maximum atomic E-state index is 12.5. The molecule has 0 fully saturated rings. The molecule has 1 amide bonds. The maximum Gasteiger partial charge on any atom is 0.410 e. The third kappa shape index (κ3) is 4.35. The van der Waals surface area contributed by atoms with Crippen LogP contribution in [0.25, 0.3) is 0 Å². The van der Waals surface area contributed by atoms with Crippen molar-refractivity contribution in [3.05, 3.63) is 23.3 Å². The van der Waals surface area contributed by atoms with Gasteiger partial charge in [-0.15, -0.1) is 0 Å². The van der Waals surface area contributed by atoms with Crippen molar-refractivity contribution in [1.82, 2.24) is 4.90 Å². The molecule has 0 saturated heterocycles. The van der Waals surface area contributed by atoms with Gasteiger partial charge in [-0.3, -0.25) is 4.79 Å². The highest BCUT2D eigenvalue weighted by atomic mass is 16.6. The van der Waals surface area contributed by atoms with Crippen molar-refractivity contribution in [1.29, 1.82) is 0 Å². The predicted molar refractivity (Wildman–Crippen MR) is 91.2 cm³/mol. The lowest BCUT2D eigenvalue weighted by Gasteiger charge is -2.37. The number of amides is 1. The monoisotopic (exact) mass is 351 g/mol. The minimum atomic E-state index is -0.985. The Morgan fingerprint density at radius 3 is 2.32 bits per heavy atom. The molecule has 2 rings (SSSR count). The van der Waals surface area contributed by atoms with Crippen LogP contribution in [-0.4, -0.2) is 48.4 Å². The van der Waals surface area contributed by atoms with E-state index in [1.807, 2.05) is 6.07 Å². The van der Waals surface area contributed by atoms with Gasteiger partial charge in [0.15, 0.2) is 11.5 Å². The van der Waals surface area contributed by atoms with Gasteiger partial charge in [0.05, 0.1) is 26.7 Å². The van der Waals surface area contributed by atoms with Crippen molar-refractivity contribution < 1.29 is 28.9 Å². The molecule has 7 heteroatoms. The Morgan fingerprint density at radius 2 is 1.80 bits per heavy atom. The number of benzene rings is 1. The van der Waals surface area contributed by atoms with E-state index in [9.17, 15) is 14.7 Å². The van der Waals surface area contributed by atoms with E-state index in [1.54, 1.807) is 33.9 Å². The first-order valence-corrected chi connectivity index (χ1v) is 8.12. The Bertz CT molecular complexity index is 664. The van der Waals surface area contributed by atoms with Gasteiger partial charge >= 0.3 is 12.1 Å². The third-order valence-electron chi connectivity index (χ3n) is 4.00. The van der Waals surface area contributed by atoms with Gasteiger partial charge in [-0.25, -0.2) is 4.79 Å². The molecule has 1 aromatic carbocycles. The molecule has 138 valence electrons. The van der Waals surface area contributed by atoms with Gasteiger partial charge in [-0.1, -0.05) is 0 Å². The summed E-state index contributed by atoms with van der Waals surface area (Å²) in [5.41, 5.74) is 1.05. The number of methoxy groups -OCH3 is 2. The summed E-state index contributed by atoms with van der Waals surface area (Å²) in [5, 5.41) is 9.32. The molecule has 0 bridgehead atoms. The van der Waals surface area contributed by atoms with Gasteiger partial charge in [0.1, 0.15) is 5.60 Å². The van der Waals surface area contributed by atoms with Crippen molar-refractivity contribution in [3.63, 3.8) is 0 Å². The number of rotatable bonds is 4. The van der Waals surface area contributed by atoms with Crippen molar-refractivity contribution in [2.75, 3.05) is 20.8 Å². The number of carbonyl (C=O) groups excluding carboxylic acids is 1. The molecule has 0 spiro atoms. The molecule has 1 aliphatic rings. The lowest BCUT2D eigenvalue weighted by atomic mass is 9.90. The van der Waals surface area contributed by atoms with Crippen molar-refractivity contribution in [3.8, 4) is 11.5 Å². The zero-order valence-electron chi connectivity index (χ0n) is 15.3. The fourth-order valence-corrected chi connectivity index (χ4v) is 2.95. The van der Waals surface area contributed by atoms with E-state index < -0.39 is 23.7 Å². The largest absolute Gasteiger partial charge is 0.493 e. The molecule has 0 aliphatic carbocycles. The summed E-state index contributed by atoms with van der Waals surface area (Å²) in [4.78, 5) is 25.4. The molecule has 1 heterocycles. The molecular formula is C18H25NO6. The van der Waals surface area contributed by atoms with E-state index in [1.165, 1.54) is 12.0 Å². The molecule has 1 unspecified atom stereocenters. The SMILES string of the molecule is COc1cc2c(cc1OC)C(CC(=O)O)N(C(=O)OC(C)(C)C)CC2. The zero-order valence-corrected chi connectivity index (χ0v) is 15.3. The summed E-state index contributed by atoms with van der Waals surface area (Å²) in [7, 11) is 3.07. The standard InChI is InChI=1S/C18H25NO6/c1-18(2,3)25-17(22)19-7-6-11-8-14(23-4)15(24-5)9-12(11)13(19)10-16(20)21/h8-9,13H,6-7,10H2,1-5H3,(H,20,21). The summed E-state index contributed by atoms with van der Waals surface area (Å²) in [5.74, 6) is 0.102. The molecule has 1 atom stereocenters. The summed E-state index contributed by atoms with van der Waals surface area (Å²) < 4.78 is 16.1. The van der Waals surface area contributed by atoms with E-state index in [0.29, 0.717) is 24.5 Å². The molecule has 25 heavy (non-hydrogen) atoms. The molecule has 1 aliphatic heterocycles. The first-order valence-electron chi connectivity index (χ1n) is 8.12. The molecule has 1 aromatic rings. The zero-order chi connectivity index (χ0) is 18.8. The fraction of sp³-hybridized carbons (Fsp3) is 0.556. The topological polar surface area (TPSA) is 85.3 Å². The molecule has 0 radical (unpaired) electrons. The Balaban J connectivity index is 2.44. The highest BCUT2D eigenvalue weighted by Crippen LogP contribution is 2.39. The second kappa shape index (κ2) is 7.21. The van der Waals surface area contributed by atoms with Crippen molar-refractivity contribution >= 4 is 12.1 Å². The van der Waals surface area contributed by atoms with E-state index >= 15 is 0 Å².